The van der Waals surface area contributed by atoms with Gasteiger partial charge in [0.25, 0.3) is 0 Å². The number of hydrogen-bond acceptors (Lipinski definition) is 2. The van der Waals surface area contributed by atoms with Gasteiger partial charge >= 0.3 is 5.97 Å². The van der Waals surface area contributed by atoms with Crippen LogP contribution in [0.25, 0.3) is 0 Å². The molecule has 0 bridgehead atoms. The first-order valence-electron chi connectivity index (χ1n) is 4.76. The summed E-state index contributed by atoms with van der Waals surface area (Å²) in [6.07, 6.45) is 1.53. The molecular weight excluding hydrogens is 192 g/mol. The van der Waals surface area contributed by atoms with Gasteiger partial charge in [-0.15, -0.1) is 6.58 Å². The molecule has 1 atom stereocenters. The van der Waals surface area contributed by atoms with Crippen LogP contribution >= 0.6 is 0 Å². The number of hydrogen-bond donors (Lipinski definition) is 1. The van der Waals surface area contributed by atoms with Crippen LogP contribution in [0.3, 0.4) is 0 Å². The number of aromatic carboxylic acids is 1. The molecule has 3 nitrogen and oxygen atoms in total. The highest BCUT2D eigenvalue weighted by molar-refractivity contribution is 5.87. The molecule has 1 N–H and O–H groups in total. The molecule has 0 saturated heterocycles. The fourth-order valence-electron chi connectivity index (χ4n) is 1.30. The first-order valence-corrected chi connectivity index (χ1v) is 4.76. The van der Waals surface area contributed by atoms with Crippen molar-refractivity contribution < 1.29 is 14.6 Å². The van der Waals surface area contributed by atoms with Gasteiger partial charge in [0.15, 0.2) is 0 Å². The van der Waals surface area contributed by atoms with Gasteiger partial charge in [-0.05, 0) is 24.6 Å². The third-order valence-corrected chi connectivity index (χ3v) is 2.05. The average molecular weight is 206 g/mol. The summed E-state index contributed by atoms with van der Waals surface area (Å²) in [6, 6.07) is 6.61. The second-order valence-corrected chi connectivity index (χ2v) is 3.04. The molecule has 80 valence electrons. The number of ether oxygens (including phenoxy) is 1. The van der Waals surface area contributed by atoms with E-state index in [1.807, 2.05) is 6.92 Å². The minimum absolute atomic E-state index is 0.169. The van der Waals surface area contributed by atoms with Crippen molar-refractivity contribution in [2.24, 2.45) is 0 Å². The summed E-state index contributed by atoms with van der Waals surface area (Å²) in [4.78, 5) is 10.6. The molecule has 0 amide bonds. The summed E-state index contributed by atoms with van der Waals surface area (Å²) in [5, 5.41) is 8.72. The van der Waals surface area contributed by atoms with Crippen molar-refractivity contribution in [3.63, 3.8) is 0 Å². The van der Waals surface area contributed by atoms with Gasteiger partial charge in [0.2, 0.25) is 0 Å². The molecule has 1 aromatic rings. The number of rotatable bonds is 5. The van der Waals surface area contributed by atoms with E-state index >= 15 is 0 Å². The van der Waals surface area contributed by atoms with Crippen molar-refractivity contribution in [3.8, 4) is 0 Å². The van der Waals surface area contributed by atoms with Gasteiger partial charge in [-0.3, -0.25) is 0 Å². The van der Waals surface area contributed by atoms with E-state index in [2.05, 4.69) is 6.58 Å². The Balaban J connectivity index is 2.86. The lowest BCUT2D eigenvalue weighted by Crippen LogP contribution is -2.02. The molecule has 0 saturated carbocycles. The largest absolute Gasteiger partial charge is 0.478 e. The van der Waals surface area contributed by atoms with Crippen LogP contribution in [0.1, 0.15) is 28.9 Å². The minimum atomic E-state index is -0.923. The Hall–Kier alpha value is -1.61. The van der Waals surface area contributed by atoms with Gasteiger partial charge < -0.3 is 9.84 Å². The molecule has 0 aromatic heterocycles. The Morgan fingerprint density at radius 1 is 1.53 bits per heavy atom. The zero-order valence-corrected chi connectivity index (χ0v) is 8.64. The molecule has 0 aliphatic heterocycles. The molecule has 0 heterocycles. The second kappa shape index (κ2) is 5.32. The maximum Gasteiger partial charge on any atom is 0.335 e. The standard InChI is InChI=1S/C12H14O3/c1-3-11(15-4-2)9-5-7-10(8-6-9)12(13)14/h3,5-8,11H,1,4H2,2H3,(H,13,14). The van der Waals surface area contributed by atoms with Crippen LogP contribution in [0.5, 0.6) is 0 Å². The summed E-state index contributed by atoms with van der Waals surface area (Å²) in [5.74, 6) is -0.923. The highest BCUT2D eigenvalue weighted by Crippen LogP contribution is 2.18. The Labute approximate surface area is 89.0 Å². The number of carboxylic acid groups (broad SMARTS) is 1. The van der Waals surface area contributed by atoms with E-state index in [9.17, 15) is 4.79 Å². The van der Waals surface area contributed by atoms with Crippen molar-refractivity contribution in [2.75, 3.05) is 6.61 Å². The van der Waals surface area contributed by atoms with Crippen molar-refractivity contribution in [2.45, 2.75) is 13.0 Å². The number of benzene rings is 1. The normalized spacial score (nSPS) is 12.1. The third-order valence-electron chi connectivity index (χ3n) is 2.05. The van der Waals surface area contributed by atoms with Gasteiger partial charge in [0.1, 0.15) is 6.10 Å². The number of carbonyl (C=O) groups is 1. The van der Waals surface area contributed by atoms with Gasteiger partial charge in [-0.1, -0.05) is 18.2 Å². The highest BCUT2D eigenvalue weighted by atomic mass is 16.5. The first-order chi connectivity index (χ1) is 7.19. The highest BCUT2D eigenvalue weighted by Gasteiger charge is 2.08. The van der Waals surface area contributed by atoms with E-state index in [1.165, 1.54) is 0 Å². The molecule has 0 fully saturated rings. The summed E-state index contributed by atoms with van der Waals surface area (Å²) < 4.78 is 5.41. The van der Waals surface area contributed by atoms with Crippen LogP contribution in [-0.4, -0.2) is 17.7 Å². The zero-order valence-electron chi connectivity index (χ0n) is 8.64. The van der Waals surface area contributed by atoms with E-state index in [1.54, 1.807) is 30.3 Å². The molecule has 1 rings (SSSR count). The van der Waals surface area contributed by atoms with E-state index in [0.717, 1.165) is 5.56 Å². The second-order valence-electron chi connectivity index (χ2n) is 3.04. The summed E-state index contributed by atoms with van der Waals surface area (Å²) in [7, 11) is 0. The maximum absolute atomic E-state index is 10.6. The SMILES string of the molecule is C=CC(OCC)c1ccc(C(=O)O)cc1. The van der Waals surface area contributed by atoms with Crippen LogP contribution in [0, 0.1) is 0 Å². The van der Waals surface area contributed by atoms with Crippen molar-refractivity contribution in [1.82, 2.24) is 0 Å². The number of carboxylic acids is 1. The lowest BCUT2D eigenvalue weighted by Gasteiger charge is -2.12. The average Bonchev–Trinajstić information content (AvgIpc) is 2.26. The summed E-state index contributed by atoms with van der Waals surface area (Å²) >= 11 is 0. The predicted molar refractivity (Wildman–Crippen MR) is 58.0 cm³/mol. The van der Waals surface area contributed by atoms with Crippen molar-refractivity contribution in [3.05, 3.63) is 48.0 Å². The smallest absolute Gasteiger partial charge is 0.335 e. The quantitative estimate of drug-likeness (QED) is 0.753. The summed E-state index contributed by atoms with van der Waals surface area (Å²) in [6.45, 7) is 6.17. The lowest BCUT2D eigenvalue weighted by atomic mass is 10.1. The molecule has 0 radical (unpaired) electrons. The van der Waals surface area contributed by atoms with Crippen LogP contribution in [0.2, 0.25) is 0 Å². The van der Waals surface area contributed by atoms with Crippen LogP contribution in [0.15, 0.2) is 36.9 Å². The molecule has 3 heteroatoms. The minimum Gasteiger partial charge on any atom is -0.478 e. The Morgan fingerprint density at radius 3 is 2.53 bits per heavy atom. The molecule has 0 aliphatic rings. The van der Waals surface area contributed by atoms with Gasteiger partial charge in [-0.25, -0.2) is 4.79 Å². The molecular formula is C12H14O3. The first kappa shape index (κ1) is 11.5. The fraction of sp³-hybridized carbons (Fsp3) is 0.250. The Kier molecular flexibility index (Phi) is 4.06. The third kappa shape index (κ3) is 2.92. The topological polar surface area (TPSA) is 46.5 Å². The van der Waals surface area contributed by atoms with Crippen LogP contribution in [0.4, 0.5) is 0 Å². The van der Waals surface area contributed by atoms with E-state index in [0.29, 0.717) is 6.61 Å². The van der Waals surface area contributed by atoms with Crippen molar-refractivity contribution in [1.29, 1.82) is 0 Å². The van der Waals surface area contributed by atoms with Crippen molar-refractivity contribution >= 4 is 5.97 Å². The Bertz CT molecular complexity index is 340. The van der Waals surface area contributed by atoms with E-state index in [-0.39, 0.29) is 11.7 Å². The van der Waals surface area contributed by atoms with Gasteiger partial charge in [0, 0.05) is 6.61 Å². The van der Waals surface area contributed by atoms with Crippen LogP contribution < -0.4 is 0 Å². The molecule has 0 aliphatic carbocycles. The monoisotopic (exact) mass is 206 g/mol. The predicted octanol–water partition coefficient (Wildman–Crippen LogP) is 2.65. The molecule has 1 unspecified atom stereocenters. The molecule has 15 heavy (non-hydrogen) atoms. The Morgan fingerprint density at radius 2 is 2.13 bits per heavy atom. The fourth-order valence-corrected chi connectivity index (χ4v) is 1.30. The summed E-state index contributed by atoms with van der Waals surface area (Å²) in [5.41, 5.74) is 1.19. The van der Waals surface area contributed by atoms with E-state index < -0.39 is 5.97 Å². The van der Waals surface area contributed by atoms with Gasteiger partial charge in [0.05, 0.1) is 5.56 Å². The molecule has 0 spiro atoms. The van der Waals surface area contributed by atoms with Crippen LogP contribution in [-0.2, 0) is 4.74 Å². The van der Waals surface area contributed by atoms with Gasteiger partial charge in [-0.2, -0.15) is 0 Å². The lowest BCUT2D eigenvalue weighted by molar-refractivity contribution is 0.0696. The zero-order chi connectivity index (χ0) is 11.3. The van der Waals surface area contributed by atoms with E-state index in [4.69, 9.17) is 9.84 Å². The maximum atomic E-state index is 10.6. The molecule has 1 aromatic carbocycles.